The minimum Gasteiger partial charge on any atom is -0.496 e. The van der Waals surface area contributed by atoms with Crippen LogP contribution < -0.4 is 14.4 Å². The molecule has 2 aliphatic heterocycles. The smallest absolute Gasteiger partial charge is 0.388 e. The number of hydrogen-bond donors (Lipinski definition) is 0. The molecule has 2 amide bonds. The van der Waals surface area contributed by atoms with E-state index in [-0.39, 0.29) is 24.2 Å². The van der Waals surface area contributed by atoms with Gasteiger partial charge in [0, 0.05) is 47.6 Å². The van der Waals surface area contributed by atoms with Crippen molar-refractivity contribution in [2.75, 3.05) is 25.1 Å². The van der Waals surface area contributed by atoms with E-state index in [0.29, 0.717) is 39.4 Å². The molecular formula is C24H20F2N4O4. The summed E-state index contributed by atoms with van der Waals surface area (Å²) >= 11 is 0. The molecule has 1 aromatic carbocycles. The number of nitrogens with zero attached hydrogens (tertiary/aromatic N) is 4. The van der Waals surface area contributed by atoms with Crippen molar-refractivity contribution in [3.63, 3.8) is 0 Å². The average molecular weight is 466 g/mol. The lowest BCUT2D eigenvalue weighted by Gasteiger charge is -2.31. The Labute approximate surface area is 193 Å². The van der Waals surface area contributed by atoms with E-state index in [9.17, 15) is 18.4 Å². The number of methoxy groups -OCH3 is 1. The van der Waals surface area contributed by atoms with Gasteiger partial charge in [-0.1, -0.05) is 0 Å². The third kappa shape index (κ3) is 3.81. The first-order valence-electron chi connectivity index (χ1n) is 10.6. The van der Waals surface area contributed by atoms with Crippen LogP contribution in [0.5, 0.6) is 11.6 Å². The van der Waals surface area contributed by atoms with Crippen molar-refractivity contribution in [2.45, 2.75) is 19.6 Å². The fourth-order valence-corrected chi connectivity index (χ4v) is 4.08. The monoisotopic (exact) mass is 466 g/mol. The molecule has 0 bridgehead atoms. The molecule has 0 radical (unpaired) electrons. The number of fused-ring (bicyclic) bond motifs is 1. The van der Waals surface area contributed by atoms with E-state index in [0.717, 1.165) is 19.5 Å². The molecule has 4 heterocycles. The number of amides is 2. The highest BCUT2D eigenvalue weighted by molar-refractivity contribution is 6.11. The zero-order chi connectivity index (χ0) is 23.8. The summed E-state index contributed by atoms with van der Waals surface area (Å²) < 4.78 is 34.6. The maximum atomic E-state index is 13.1. The Hall–Kier alpha value is -4.08. The summed E-state index contributed by atoms with van der Waals surface area (Å²) in [5, 5.41) is 0. The average Bonchev–Trinajstić information content (AvgIpc) is 3.14. The lowest BCUT2D eigenvalue weighted by atomic mass is 10.00. The Balaban J connectivity index is 1.46. The number of rotatable bonds is 6. The highest BCUT2D eigenvalue weighted by Gasteiger charge is 2.32. The van der Waals surface area contributed by atoms with E-state index < -0.39 is 6.61 Å². The van der Waals surface area contributed by atoms with Gasteiger partial charge in [0.15, 0.2) is 0 Å². The summed E-state index contributed by atoms with van der Waals surface area (Å²) in [5.74, 6) is -0.0572. The van der Waals surface area contributed by atoms with Gasteiger partial charge in [0.25, 0.3) is 11.8 Å². The molecule has 2 aliphatic rings. The molecular weight excluding hydrogens is 446 g/mol. The molecule has 10 heteroatoms. The number of carbonyl (C=O) groups is 2. The van der Waals surface area contributed by atoms with Crippen LogP contribution in [0, 0.1) is 0 Å². The molecule has 0 saturated carbocycles. The maximum absolute atomic E-state index is 13.1. The van der Waals surface area contributed by atoms with Gasteiger partial charge in [-0.25, -0.2) is 4.98 Å². The van der Waals surface area contributed by atoms with Crippen molar-refractivity contribution in [1.29, 1.82) is 0 Å². The standard InChI is InChI=1S/C24H20F2N4O4/c1-33-19-11-14(22(31)29-9-2-10-29)3-5-17(19)21-18-13-30(23(32)16(18)7-8-27-21)15-4-6-20(28-12-15)34-24(25)26/h3-8,11-12,24H,2,9-10,13H2,1H3. The van der Waals surface area contributed by atoms with Gasteiger partial charge in [-0.2, -0.15) is 8.78 Å². The SMILES string of the molecule is COc1cc(C(=O)N2CCC2)ccc1-c1nccc2c1CN(c1ccc(OC(F)F)nc1)C2=O. The van der Waals surface area contributed by atoms with Crippen LogP contribution in [0.1, 0.15) is 32.7 Å². The van der Waals surface area contributed by atoms with E-state index in [1.807, 2.05) is 0 Å². The number of hydrogen-bond acceptors (Lipinski definition) is 6. The van der Waals surface area contributed by atoms with Crippen LogP contribution in [0.3, 0.4) is 0 Å². The van der Waals surface area contributed by atoms with Crippen molar-refractivity contribution < 1.29 is 27.8 Å². The summed E-state index contributed by atoms with van der Waals surface area (Å²) in [7, 11) is 1.52. The minimum absolute atomic E-state index is 0.0459. The first kappa shape index (κ1) is 21.7. The largest absolute Gasteiger partial charge is 0.496 e. The predicted octanol–water partition coefficient (Wildman–Crippen LogP) is 3.76. The van der Waals surface area contributed by atoms with E-state index in [4.69, 9.17) is 4.74 Å². The number of benzene rings is 1. The number of halogens is 2. The van der Waals surface area contributed by atoms with Gasteiger partial charge in [0.05, 0.1) is 31.2 Å². The normalized spacial score (nSPS) is 14.8. The number of ether oxygens (including phenoxy) is 2. The summed E-state index contributed by atoms with van der Waals surface area (Å²) in [6, 6.07) is 9.62. The van der Waals surface area contributed by atoms with Crippen molar-refractivity contribution in [2.24, 2.45) is 0 Å². The molecule has 0 unspecified atom stereocenters. The molecule has 3 aromatic rings. The Morgan fingerprint density at radius 2 is 1.91 bits per heavy atom. The minimum atomic E-state index is -2.98. The Kier molecular flexibility index (Phi) is 5.56. The second kappa shape index (κ2) is 8.69. The second-order valence-corrected chi connectivity index (χ2v) is 7.87. The lowest BCUT2D eigenvalue weighted by Crippen LogP contribution is -2.42. The second-order valence-electron chi connectivity index (χ2n) is 7.87. The van der Waals surface area contributed by atoms with Gasteiger partial charge < -0.3 is 19.3 Å². The van der Waals surface area contributed by atoms with Gasteiger partial charge in [-0.3, -0.25) is 14.6 Å². The van der Waals surface area contributed by atoms with Crippen LogP contribution in [-0.2, 0) is 6.54 Å². The Bertz CT molecular complexity index is 1260. The van der Waals surface area contributed by atoms with Gasteiger partial charge >= 0.3 is 6.61 Å². The van der Waals surface area contributed by atoms with Gasteiger partial charge in [0.2, 0.25) is 5.88 Å². The number of anilines is 1. The molecule has 8 nitrogen and oxygen atoms in total. The molecule has 0 N–H and O–H groups in total. The Morgan fingerprint density at radius 3 is 2.56 bits per heavy atom. The zero-order valence-electron chi connectivity index (χ0n) is 18.2. The fourth-order valence-electron chi connectivity index (χ4n) is 4.08. The van der Waals surface area contributed by atoms with E-state index in [2.05, 4.69) is 14.7 Å². The third-order valence-electron chi connectivity index (χ3n) is 5.94. The lowest BCUT2D eigenvalue weighted by molar-refractivity contribution is -0.0528. The van der Waals surface area contributed by atoms with Crippen LogP contribution in [0.2, 0.25) is 0 Å². The summed E-state index contributed by atoms with van der Waals surface area (Å²) in [6.07, 6.45) is 3.86. The highest BCUT2D eigenvalue weighted by Crippen LogP contribution is 2.38. The molecule has 2 aromatic heterocycles. The summed E-state index contributed by atoms with van der Waals surface area (Å²) in [4.78, 5) is 37.3. The van der Waals surface area contributed by atoms with Crippen molar-refractivity contribution in [3.8, 4) is 22.9 Å². The first-order valence-corrected chi connectivity index (χ1v) is 10.6. The van der Waals surface area contributed by atoms with Crippen molar-refractivity contribution >= 4 is 17.5 Å². The van der Waals surface area contributed by atoms with Crippen LogP contribution in [0.4, 0.5) is 14.5 Å². The molecule has 0 aliphatic carbocycles. The molecule has 34 heavy (non-hydrogen) atoms. The molecule has 174 valence electrons. The van der Waals surface area contributed by atoms with Crippen LogP contribution in [-0.4, -0.2) is 53.5 Å². The number of alkyl halides is 2. The van der Waals surface area contributed by atoms with Gasteiger partial charge in [-0.05, 0) is 36.8 Å². The molecule has 1 fully saturated rings. The van der Waals surface area contributed by atoms with Gasteiger partial charge in [-0.15, -0.1) is 0 Å². The van der Waals surface area contributed by atoms with Crippen LogP contribution in [0.15, 0.2) is 48.8 Å². The number of pyridine rings is 2. The molecule has 5 rings (SSSR count). The number of aromatic nitrogens is 2. The van der Waals surface area contributed by atoms with E-state index in [1.54, 1.807) is 35.4 Å². The van der Waals surface area contributed by atoms with Gasteiger partial charge in [0.1, 0.15) is 5.75 Å². The number of likely N-dealkylation sites (tertiary alicyclic amines) is 1. The van der Waals surface area contributed by atoms with E-state index >= 15 is 0 Å². The predicted molar refractivity (Wildman–Crippen MR) is 118 cm³/mol. The van der Waals surface area contributed by atoms with Crippen LogP contribution >= 0.6 is 0 Å². The van der Waals surface area contributed by atoms with Crippen LogP contribution in [0.25, 0.3) is 11.3 Å². The highest BCUT2D eigenvalue weighted by atomic mass is 19.3. The Morgan fingerprint density at radius 1 is 1.09 bits per heavy atom. The molecule has 0 atom stereocenters. The van der Waals surface area contributed by atoms with Crippen molar-refractivity contribution in [1.82, 2.24) is 14.9 Å². The summed E-state index contributed by atoms with van der Waals surface area (Å²) in [5.41, 5.74) is 3.37. The summed E-state index contributed by atoms with van der Waals surface area (Å²) in [6.45, 7) is -1.27. The van der Waals surface area contributed by atoms with Crippen molar-refractivity contribution in [3.05, 3.63) is 65.5 Å². The first-order chi connectivity index (χ1) is 16.5. The van der Waals surface area contributed by atoms with E-state index in [1.165, 1.54) is 30.3 Å². The topological polar surface area (TPSA) is 84.9 Å². The fraction of sp³-hybridized carbons (Fsp3) is 0.250. The quantitative estimate of drug-likeness (QED) is 0.550. The molecule has 1 saturated heterocycles. The number of carbonyl (C=O) groups excluding carboxylic acids is 2. The zero-order valence-corrected chi connectivity index (χ0v) is 18.2. The third-order valence-corrected chi connectivity index (χ3v) is 5.94. The maximum Gasteiger partial charge on any atom is 0.388 e. The molecule has 0 spiro atoms.